The SMILES string of the molecule is [c]1cccc2c1NC(c1nc3ccccc3o1)O2. The molecular formula is C14H9N2O2. The number of benzene rings is 2. The summed E-state index contributed by atoms with van der Waals surface area (Å²) in [5.74, 6) is 1.30. The minimum Gasteiger partial charge on any atom is -0.459 e. The average molecular weight is 237 g/mol. The van der Waals surface area contributed by atoms with Crippen LogP contribution in [0.3, 0.4) is 0 Å². The van der Waals surface area contributed by atoms with Gasteiger partial charge in [0.05, 0.1) is 5.69 Å². The van der Waals surface area contributed by atoms with Crippen LogP contribution < -0.4 is 10.1 Å². The summed E-state index contributed by atoms with van der Waals surface area (Å²) in [5, 5.41) is 3.18. The van der Waals surface area contributed by atoms with Crippen molar-refractivity contribution >= 4 is 16.8 Å². The lowest BCUT2D eigenvalue weighted by Crippen LogP contribution is -2.10. The number of hydrogen-bond acceptors (Lipinski definition) is 4. The van der Waals surface area contributed by atoms with E-state index in [2.05, 4.69) is 16.4 Å². The first-order chi connectivity index (χ1) is 8.90. The first-order valence-corrected chi connectivity index (χ1v) is 5.69. The van der Waals surface area contributed by atoms with Crippen molar-refractivity contribution in [3.8, 4) is 5.75 Å². The summed E-state index contributed by atoms with van der Waals surface area (Å²) in [6.45, 7) is 0. The normalized spacial score (nSPS) is 17.2. The number of nitrogens with one attached hydrogen (secondary N) is 1. The van der Waals surface area contributed by atoms with Gasteiger partial charge in [-0.15, -0.1) is 0 Å². The second-order valence-corrected chi connectivity index (χ2v) is 4.07. The number of rotatable bonds is 1. The fourth-order valence-electron chi connectivity index (χ4n) is 2.03. The topological polar surface area (TPSA) is 47.3 Å². The molecule has 1 aliphatic heterocycles. The van der Waals surface area contributed by atoms with Crippen LogP contribution >= 0.6 is 0 Å². The van der Waals surface area contributed by atoms with E-state index in [0.717, 1.165) is 22.5 Å². The molecule has 87 valence electrons. The van der Waals surface area contributed by atoms with Crippen molar-refractivity contribution in [2.24, 2.45) is 0 Å². The number of oxazole rings is 1. The second kappa shape index (κ2) is 3.50. The van der Waals surface area contributed by atoms with Crippen molar-refractivity contribution in [2.75, 3.05) is 5.32 Å². The number of anilines is 1. The van der Waals surface area contributed by atoms with Crippen LogP contribution in [0.15, 0.2) is 46.9 Å². The van der Waals surface area contributed by atoms with E-state index in [4.69, 9.17) is 9.15 Å². The Morgan fingerprint density at radius 1 is 1.17 bits per heavy atom. The van der Waals surface area contributed by atoms with Crippen LogP contribution in [0.25, 0.3) is 11.1 Å². The van der Waals surface area contributed by atoms with Gasteiger partial charge in [0.25, 0.3) is 5.89 Å². The zero-order chi connectivity index (χ0) is 11.9. The van der Waals surface area contributed by atoms with E-state index in [1.165, 1.54) is 0 Å². The van der Waals surface area contributed by atoms with Crippen molar-refractivity contribution in [2.45, 2.75) is 6.23 Å². The quantitative estimate of drug-likeness (QED) is 0.706. The van der Waals surface area contributed by atoms with Gasteiger partial charge in [0, 0.05) is 6.07 Å². The highest BCUT2D eigenvalue weighted by Crippen LogP contribution is 2.37. The Hall–Kier alpha value is -2.49. The van der Waals surface area contributed by atoms with Crippen LogP contribution in [-0.2, 0) is 0 Å². The minimum absolute atomic E-state index is 0.383. The third-order valence-electron chi connectivity index (χ3n) is 2.87. The second-order valence-electron chi connectivity index (χ2n) is 4.07. The van der Waals surface area contributed by atoms with Gasteiger partial charge >= 0.3 is 0 Å². The van der Waals surface area contributed by atoms with Crippen LogP contribution in [0.5, 0.6) is 5.75 Å². The van der Waals surface area contributed by atoms with Crippen molar-refractivity contribution in [3.63, 3.8) is 0 Å². The van der Waals surface area contributed by atoms with E-state index in [9.17, 15) is 0 Å². The van der Waals surface area contributed by atoms with E-state index < -0.39 is 0 Å². The highest BCUT2D eigenvalue weighted by Gasteiger charge is 2.27. The molecule has 0 amide bonds. The Morgan fingerprint density at radius 2 is 2.11 bits per heavy atom. The third-order valence-corrected chi connectivity index (χ3v) is 2.87. The Kier molecular flexibility index (Phi) is 1.85. The van der Waals surface area contributed by atoms with E-state index in [1.54, 1.807) is 0 Å². The summed E-state index contributed by atoms with van der Waals surface area (Å²) in [6, 6.07) is 16.3. The van der Waals surface area contributed by atoms with E-state index >= 15 is 0 Å². The van der Waals surface area contributed by atoms with Crippen molar-refractivity contribution in [1.82, 2.24) is 4.98 Å². The number of aromatic nitrogens is 1. The predicted octanol–water partition coefficient (Wildman–Crippen LogP) is 3.13. The molecule has 0 spiro atoms. The molecule has 1 atom stereocenters. The molecule has 4 nitrogen and oxygen atoms in total. The molecular weight excluding hydrogens is 228 g/mol. The third kappa shape index (κ3) is 1.35. The number of para-hydroxylation sites is 3. The highest BCUT2D eigenvalue weighted by atomic mass is 16.5. The minimum atomic E-state index is -0.383. The summed E-state index contributed by atoms with van der Waals surface area (Å²) in [6.07, 6.45) is -0.383. The summed E-state index contributed by atoms with van der Waals surface area (Å²) in [5.41, 5.74) is 2.43. The van der Waals surface area contributed by atoms with Gasteiger partial charge in [0.2, 0.25) is 6.23 Å². The van der Waals surface area contributed by atoms with Crippen LogP contribution in [0, 0.1) is 6.07 Å². The van der Waals surface area contributed by atoms with Crippen LogP contribution in [0.1, 0.15) is 12.1 Å². The monoisotopic (exact) mass is 237 g/mol. The molecule has 0 bridgehead atoms. The molecule has 4 rings (SSSR count). The van der Waals surface area contributed by atoms with Gasteiger partial charge in [-0.3, -0.25) is 0 Å². The maximum absolute atomic E-state index is 5.72. The molecule has 1 N–H and O–H groups in total. The standard InChI is InChI=1S/C14H9N2O2/c1-3-7-11-9(5-1)15-13(17-11)14-16-10-6-2-4-8-12(10)18-14/h1-5,7-8,14,16H. The van der Waals surface area contributed by atoms with Crippen LogP contribution in [-0.4, -0.2) is 4.98 Å². The molecule has 1 unspecified atom stereocenters. The largest absolute Gasteiger partial charge is 0.459 e. The number of nitrogens with zero attached hydrogens (tertiary/aromatic N) is 1. The van der Waals surface area contributed by atoms with Gasteiger partial charge in [0.1, 0.15) is 11.3 Å². The van der Waals surface area contributed by atoms with E-state index in [0.29, 0.717) is 5.89 Å². The molecule has 1 radical (unpaired) electrons. The van der Waals surface area contributed by atoms with Gasteiger partial charge in [-0.05, 0) is 18.2 Å². The van der Waals surface area contributed by atoms with Crippen LogP contribution in [0.2, 0.25) is 0 Å². The van der Waals surface area contributed by atoms with E-state index in [-0.39, 0.29) is 6.23 Å². The lowest BCUT2D eigenvalue weighted by atomic mass is 10.3. The van der Waals surface area contributed by atoms with Gasteiger partial charge in [-0.25, -0.2) is 4.98 Å². The Morgan fingerprint density at radius 3 is 3.00 bits per heavy atom. The Bertz CT molecular complexity index is 662. The van der Waals surface area contributed by atoms with Gasteiger partial charge in [-0.2, -0.15) is 0 Å². The zero-order valence-corrected chi connectivity index (χ0v) is 9.38. The van der Waals surface area contributed by atoms with Crippen molar-refractivity contribution in [3.05, 3.63) is 54.4 Å². The predicted molar refractivity (Wildman–Crippen MR) is 66.3 cm³/mol. The molecule has 4 heteroatoms. The first-order valence-electron chi connectivity index (χ1n) is 5.69. The summed E-state index contributed by atoms with van der Waals surface area (Å²) in [4.78, 5) is 4.41. The average Bonchev–Trinajstić information content (AvgIpc) is 3.02. The van der Waals surface area contributed by atoms with Gasteiger partial charge in [-0.1, -0.05) is 24.3 Å². The molecule has 3 aromatic rings. The number of fused-ring (bicyclic) bond motifs is 2. The number of hydrogen-bond donors (Lipinski definition) is 1. The van der Waals surface area contributed by atoms with Gasteiger partial charge in [0.15, 0.2) is 5.58 Å². The molecule has 18 heavy (non-hydrogen) atoms. The summed E-state index contributed by atoms with van der Waals surface area (Å²) in [7, 11) is 0. The zero-order valence-electron chi connectivity index (χ0n) is 9.38. The molecule has 2 aromatic carbocycles. The lowest BCUT2D eigenvalue weighted by molar-refractivity contribution is 0.221. The molecule has 0 saturated carbocycles. The molecule has 0 fully saturated rings. The maximum atomic E-state index is 5.72. The smallest absolute Gasteiger partial charge is 0.258 e. The van der Waals surface area contributed by atoms with Crippen molar-refractivity contribution in [1.29, 1.82) is 0 Å². The summed E-state index contributed by atoms with van der Waals surface area (Å²) >= 11 is 0. The van der Waals surface area contributed by atoms with Crippen LogP contribution in [0.4, 0.5) is 5.69 Å². The Labute approximate surface area is 103 Å². The molecule has 1 aliphatic rings. The molecule has 0 aliphatic carbocycles. The van der Waals surface area contributed by atoms with Crippen molar-refractivity contribution < 1.29 is 9.15 Å². The fourth-order valence-corrected chi connectivity index (χ4v) is 2.03. The number of ether oxygens (including phenoxy) is 1. The maximum Gasteiger partial charge on any atom is 0.258 e. The highest BCUT2D eigenvalue weighted by molar-refractivity contribution is 5.72. The molecule has 0 saturated heterocycles. The fraction of sp³-hybridized carbons (Fsp3) is 0.0714. The Balaban J connectivity index is 1.73. The summed E-state index contributed by atoms with van der Waals surface area (Å²) < 4.78 is 11.4. The molecule has 2 heterocycles. The lowest BCUT2D eigenvalue weighted by Gasteiger charge is -2.05. The molecule has 1 aromatic heterocycles. The first kappa shape index (κ1) is 9.53. The van der Waals surface area contributed by atoms with E-state index in [1.807, 2.05) is 42.5 Å². The van der Waals surface area contributed by atoms with Gasteiger partial charge < -0.3 is 14.5 Å².